The number of carbonyl (C=O) groups is 1. The fourth-order valence-electron chi connectivity index (χ4n) is 5.11. The van der Waals surface area contributed by atoms with Crippen LogP contribution in [-0.4, -0.2) is 54.8 Å². The zero-order chi connectivity index (χ0) is 22.6. The minimum absolute atomic E-state index is 0.0873. The lowest BCUT2D eigenvalue weighted by Gasteiger charge is -2.34. The van der Waals surface area contributed by atoms with Gasteiger partial charge in [-0.3, -0.25) is 9.48 Å². The van der Waals surface area contributed by atoms with Gasteiger partial charge in [0.05, 0.1) is 22.5 Å². The molecule has 0 saturated carbocycles. The van der Waals surface area contributed by atoms with Crippen molar-refractivity contribution in [3.8, 4) is 0 Å². The van der Waals surface area contributed by atoms with Crippen LogP contribution in [0.25, 0.3) is 5.65 Å². The van der Waals surface area contributed by atoms with E-state index in [0.717, 1.165) is 55.1 Å². The lowest BCUT2D eigenvalue weighted by molar-refractivity contribution is 0.0594. The molecule has 2 fully saturated rings. The summed E-state index contributed by atoms with van der Waals surface area (Å²) in [6, 6.07) is 1.94. The molecule has 0 aromatic carbocycles. The predicted octanol–water partition coefficient (Wildman–Crippen LogP) is 3.95. The Balaban J connectivity index is 1.49. The van der Waals surface area contributed by atoms with Gasteiger partial charge in [-0.25, -0.2) is 9.50 Å². The molecule has 2 aliphatic rings. The number of carbonyl (C=O) groups excluding carboxylic acids is 1. The number of aromatic nitrogens is 5. The highest BCUT2D eigenvalue weighted by atomic mass is 35.5. The van der Waals surface area contributed by atoms with Crippen molar-refractivity contribution in [3.05, 3.63) is 39.9 Å². The number of anilines is 1. The summed E-state index contributed by atoms with van der Waals surface area (Å²) in [4.78, 5) is 22.7. The van der Waals surface area contributed by atoms with Crippen molar-refractivity contribution in [2.45, 2.75) is 52.5 Å². The number of fused-ring (bicyclic) bond motifs is 1. The quantitative estimate of drug-likeness (QED) is 0.598. The topological polar surface area (TPSA) is 71.6 Å². The van der Waals surface area contributed by atoms with Crippen molar-refractivity contribution in [2.24, 2.45) is 13.0 Å². The summed E-state index contributed by atoms with van der Waals surface area (Å²) in [5, 5.41) is 9.60. The van der Waals surface area contributed by atoms with Gasteiger partial charge in [-0.15, -0.1) is 0 Å². The summed E-state index contributed by atoms with van der Waals surface area (Å²) in [6.45, 7) is 8.97. The molecule has 170 valence electrons. The Morgan fingerprint density at radius 1 is 1.16 bits per heavy atom. The second kappa shape index (κ2) is 8.06. The van der Waals surface area contributed by atoms with Crippen molar-refractivity contribution in [3.63, 3.8) is 0 Å². The molecule has 5 rings (SSSR count). The first-order valence-corrected chi connectivity index (χ1v) is 11.8. The third-order valence-electron chi connectivity index (χ3n) is 6.80. The van der Waals surface area contributed by atoms with Gasteiger partial charge in [0, 0.05) is 44.5 Å². The number of aryl methyl sites for hydroxylation is 3. The SMILES string of the molecule is Cc1cn2nc(C3CCCCN3C(=O)c3c(Cl)c(C)nn3C)cc2nc1N1CCC(C)C1. The van der Waals surface area contributed by atoms with E-state index in [9.17, 15) is 4.79 Å². The first kappa shape index (κ1) is 21.2. The highest BCUT2D eigenvalue weighted by Crippen LogP contribution is 2.34. The predicted molar refractivity (Wildman–Crippen MR) is 124 cm³/mol. The third-order valence-corrected chi connectivity index (χ3v) is 7.26. The van der Waals surface area contributed by atoms with Crippen molar-refractivity contribution >= 4 is 29.0 Å². The molecule has 32 heavy (non-hydrogen) atoms. The molecule has 3 aromatic heterocycles. The van der Waals surface area contributed by atoms with Crippen LogP contribution < -0.4 is 4.90 Å². The van der Waals surface area contributed by atoms with Crippen LogP contribution >= 0.6 is 11.6 Å². The van der Waals surface area contributed by atoms with Gasteiger partial charge in [0.15, 0.2) is 5.65 Å². The monoisotopic (exact) mass is 455 g/mol. The summed E-state index contributed by atoms with van der Waals surface area (Å²) in [5.74, 6) is 1.65. The van der Waals surface area contributed by atoms with E-state index in [1.54, 1.807) is 11.7 Å². The van der Waals surface area contributed by atoms with E-state index in [1.807, 2.05) is 22.4 Å². The maximum absolute atomic E-state index is 13.5. The van der Waals surface area contributed by atoms with E-state index in [1.165, 1.54) is 6.42 Å². The Kier molecular flexibility index (Phi) is 5.35. The Bertz CT molecular complexity index is 1180. The summed E-state index contributed by atoms with van der Waals surface area (Å²) < 4.78 is 3.44. The van der Waals surface area contributed by atoms with Gasteiger partial charge >= 0.3 is 0 Å². The summed E-state index contributed by atoms with van der Waals surface area (Å²) in [7, 11) is 1.77. The van der Waals surface area contributed by atoms with Gasteiger partial charge in [-0.2, -0.15) is 10.2 Å². The summed E-state index contributed by atoms with van der Waals surface area (Å²) in [6.07, 6.45) is 6.16. The van der Waals surface area contributed by atoms with Gasteiger partial charge in [0.25, 0.3) is 5.91 Å². The molecule has 0 radical (unpaired) electrons. The molecule has 8 nitrogen and oxygen atoms in total. The molecule has 1 amide bonds. The highest BCUT2D eigenvalue weighted by Gasteiger charge is 2.34. The zero-order valence-corrected chi connectivity index (χ0v) is 19.9. The molecular formula is C23H30ClN7O. The van der Waals surface area contributed by atoms with Crippen LogP contribution in [0.4, 0.5) is 5.82 Å². The van der Waals surface area contributed by atoms with E-state index in [2.05, 4.69) is 30.0 Å². The number of halogens is 1. The number of hydrogen-bond donors (Lipinski definition) is 0. The van der Waals surface area contributed by atoms with Crippen molar-refractivity contribution < 1.29 is 4.79 Å². The normalized spacial score (nSPS) is 21.7. The Labute approximate surface area is 193 Å². The number of nitrogens with zero attached hydrogens (tertiary/aromatic N) is 7. The minimum Gasteiger partial charge on any atom is -0.356 e. The van der Waals surface area contributed by atoms with Crippen LogP contribution in [0.1, 0.15) is 66.1 Å². The Morgan fingerprint density at radius 3 is 2.66 bits per heavy atom. The first-order chi connectivity index (χ1) is 15.3. The number of rotatable bonds is 3. The summed E-state index contributed by atoms with van der Waals surface area (Å²) >= 11 is 6.43. The molecule has 2 atom stereocenters. The molecule has 0 aliphatic carbocycles. The smallest absolute Gasteiger partial charge is 0.274 e. The van der Waals surface area contributed by atoms with E-state index >= 15 is 0 Å². The van der Waals surface area contributed by atoms with Crippen LogP contribution in [0.15, 0.2) is 12.3 Å². The minimum atomic E-state index is -0.0974. The lowest BCUT2D eigenvalue weighted by Crippen LogP contribution is -2.39. The molecular weight excluding hydrogens is 426 g/mol. The van der Waals surface area contributed by atoms with Crippen LogP contribution in [0.5, 0.6) is 0 Å². The van der Waals surface area contributed by atoms with Gasteiger partial charge < -0.3 is 9.80 Å². The average molecular weight is 456 g/mol. The number of hydrogen-bond acceptors (Lipinski definition) is 5. The molecule has 2 saturated heterocycles. The van der Waals surface area contributed by atoms with E-state index in [4.69, 9.17) is 21.7 Å². The van der Waals surface area contributed by atoms with Crippen LogP contribution in [-0.2, 0) is 7.05 Å². The highest BCUT2D eigenvalue weighted by molar-refractivity contribution is 6.34. The maximum atomic E-state index is 13.5. The molecule has 0 spiro atoms. The second-order valence-corrected chi connectivity index (χ2v) is 9.72. The van der Waals surface area contributed by atoms with Crippen molar-refractivity contribution in [1.29, 1.82) is 0 Å². The number of piperidine rings is 1. The molecule has 0 bridgehead atoms. The van der Waals surface area contributed by atoms with Gasteiger partial charge in [0.1, 0.15) is 11.5 Å². The standard InChI is InChI=1S/C23H30ClN7O/c1-14-8-10-29(12-14)22-15(2)13-31-19(25-22)11-17(27-31)18-7-5-6-9-30(18)23(32)21-20(24)16(3)26-28(21)4/h11,13-14,18H,5-10,12H2,1-4H3. The number of amides is 1. The largest absolute Gasteiger partial charge is 0.356 e. The molecule has 3 aromatic rings. The third kappa shape index (κ3) is 3.54. The number of likely N-dealkylation sites (tertiary alicyclic amines) is 1. The molecule has 5 heterocycles. The zero-order valence-electron chi connectivity index (χ0n) is 19.2. The molecule has 0 N–H and O–H groups in total. The van der Waals surface area contributed by atoms with E-state index < -0.39 is 0 Å². The maximum Gasteiger partial charge on any atom is 0.274 e. The second-order valence-electron chi connectivity index (χ2n) is 9.34. The fourth-order valence-corrected chi connectivity index (χ4v) is 5.35. The average Bonchev–Trinajstić information content (AvgIpc) is 3.44. The van der Waals surface area contributed by atoms with Gasteiger partial charge in [-0.1, -0.05) is 18.5 Å². The molecule has 9 heteroatoms. The van der Waals surface area contributed by atoms with Crippen molar-refractivity contribution in [2.75, 3.05) is 24.5 Å². The van der Waals surface area contributed by atoms with Crippen LogP contribution in [0, 0.1) is 19.8 Å². The van der Waals surface area contributed by atoms with Gasteiger partial charge in [-0.05, 0) is 45.4 Å². The summed E-state index contributed by atoms with van der Waals surface area (Å²) in [5.41, 5.74) is 3.94. The molecule has 2 unspecified atom stereocenters. The van der Waals surface area contributed by atoms with E-state index in [0.29, 0.717) is 28.9 Å². The lowest BCUT2D eigenvalue weighted by atomic mass is 9.99. The Hall–Kier alpha value is -2.61. The van der Waals surface area contributed by atoms with Gasteiger partial charge in [0.2, 0.25) is 0 Å². The molecule has 2 aliphatic heterocycles. The first-order valence-electron chi connectivity index (χ1n) is 11.5. The Morgan fingerprint density at radius 2 is 1.97 bits per heavy atom. The van der Waals surface area contributed by atoms with Crippen LogP contribution in [0.2, 0.25) is 5.02 Å². The van der Waals surface area contributed by atoms with Crippen molar-refractivity contribution in [1.82, 2.24) is 29.3 Å². The van der Waals surface area contributed by atoms with E-state index in [-0.39, 0.29) is 11.9 Å². The fraction of sp³-hybridized carbons (Fsp3) is 0.565. The van der Waals surface area contributed by atoms with Crippen LogP contribution in [0.3, 0.4) is 0 Å².